The van der Waals surface area contributed by atoms with Crippen molar-refractivity contribution in [3.05, 3.63) is 63.4 Å². The molecule has 1 fully saturated rings. The van der Waals surface area contributed by atoms with Gasteiger partial charge in [0.05, 0.1) is 22.9 Å². The van der Waals surface area contributed by atoms with E-state index in [9.17, 15) is 14.0 Å². The number of ketones is 1. The number of carbonyl (C=O) groups is 2. The third-order valence-electron chi connectivity index (χ3n) is 4.59. The zero-order valence-electron chi connectivity index (χ0n) is 14.7. The lowest BCUT2D eigenvalue weighted by Crippen LogP contribution is -2.49. The molecule has 0 saturated carbocycles. The van der Waals surface area contributed by atoms with Crippen LogP contribution in [-0.4, -0.2) is 42.8 Å². The second kappa shape index (κ2) is 7.89. The van der Waals surface area contributed by atoms with Crippen LogP contribution in [-0.2, 0) is 0 Å². The van der Waals surface area contributed by atoms with Crippen LogP contribution in [0.25, 0.3) is 0 Å². The van der Waals surface area contributed by atoms with Crippen LogP contribution in [0.2, 0.25) is 0 Å². The molecule has 2 aromatic rings. The summed E-state index contributed by atoms with van der Waals surface area (Å²) in [5.74, 6) is -0.779. The summed E-state index contributed by atoms with van der Waals surface area (Å²) in [6.45, 7) is 3.25. The number of hydrogen-bond acceptors (Lipinski definition) is 4. The van der Waals surface area contributed by atoms with Crippen molar-refractivity contribution < 1.29 is 14.0 Å². The summed E-state index contributed by atoms with van der Waals surface area (Å²) in [7, 11) is 0. The molecule has 0 unspecified atom stereocenters. The van der Waals surface area contributed by atoms with Gasteiger partial charge in [0.2, 0.25) is 0 Å². The summed E-state index contributed by atoms with van der Waals surface area (Å²) >= 11 is 3.36. The van der Waals surface area contributed by atoms with Gasteiger partial charge in [-0.1, -0.05) is 0 Å². The highest BCUT2D eigenvalue weighted by atomic mass is 79.9. The highest BCUT2D eigenvalue weighted by Gasteiger charge is 2.25. The van der Waals surface area contributed by atoms with Crippen molar-refractivity contribution in [2.45, 2.75) is 6.92 Å². The van der Waals surface area contributed by atoms with Crippen molar-refractivity contribution >= 4 is 33.3 Å². The molecule has 0 N–H and O–H groups in total. The molecule has 0 aromatic heterocycles. The first-order valence-electron chi connectivity index (χ1n) is 8.45. The predicted octanol–water partition coefficient (Wildman–Crippen LogP) is 3.62. The lowest BCUT2D eigenvalue weighted by molar-refractivity contribution is 0.0745. The molecule has 1 amide bonds. The van der Waals surface area contributed by atoms with Crippen LogP contribution in [0.5, 0.6) is 0 Å². The molecule has 0 atom stereocenters. The molecular weight excluding hydrogens is 413 g/mol. The smallest absolute Gasteiger partial charge is 0.255 e. The van der Waals surface area contributed by atoms with Gasteiger partial charge >= 0.3 is 0 Å². The van der Waals surface area contributed by atoms with Gasteiger partial charge in [-0.2, -0.15) is 5.26 Å². The molecule has 1 saturated heterocycles. The second-order valence-corrected chi connectivity index (χ2v) is 7.16. The summed E-state index contributed by atoms with van der Waals surface area (Å²) in [5.41, 5.74) is 1.64. The van der Waals surface area contributed by atoms with E-state index in [-0.39, 0.29) is 11.7 Å². The summed E-state index contributed by atoms with van der Waals surface area (Å²) in [6.07, 6.45) is 0. The molecule has 0 bridgehead atoms. The van der Waals surface area contributed by atoms with Crippen molar-refractivity contribution in [1.29, 1.82) is 5.26 Å². The lowest BCUT2D eigenvalue weighted by atomic mass is 10.1. The van der Waals surface area contributed by atoms with Crippen molar-refractivity contribution in [1.82, 2.24) is 4.90 Å². The van der Waals surface area contributed by atoms with E-state index in [1.165, 1.54) is 13.0 Å². The third-order valence-corrected chi connectivity index (χ3v) is 5.28. The molecule has 27 heavy (non-hydrogen) atoms. The molecule has 5 nitrogen and oxygen atoms in total. The fourth-order valence-corrected chi connectivity index (χ4v) is 3.48. The predicted molar refractivity (Wildman–Crippen MR) is 103 cm³/mol. The maximum atomic E-state index is 14.3. The number of rotatable bonds is 3. The number of carbonyl (C=O) groups excluding carboxylic acids is 2. The zero-order valence-corrected chi connectivity index (χ0v) is 16.3. The Morgan fingerprint density at radius 2 is 1.81 bits per heavy atom. The minimum atomic E-state index is -0.438. The molecular formula is C20H17BrFN3O2. The summed E-state index contributed by atoms with van der Waals surface area (Å²) in [5, 5.41) is 9.03. The number of halogens is 2. The summed E-state index contributed by atoms with van der Waals surface area (Å²) < 4.78 is 15.0. The van der Waals surface area contributed by atoms with Gasteiger partial charge in [0.1, 0.15) is 5.82 Å². The van der Waals surface area contributed by atoms with E-state index < -0.39 is 5.82 Å². The van der Waals surface area contributed by atoms with Crippen molar-refractivity contribution in [3.8, 4) is 6.07 Å². The number of nitriles is 1. The number of amides is 1. The summed E-state index contributed by atoms with van der Waals surface area (Å²) in [6, 6.07) is 11.4. The van der Waals surface area contributed by atoms with Crippen LogP contribution in [0.15, 0.2) is 40.9 Å². The fraction of sp³-hybridized carbons (Fsp3) is 0.250. The van der Waals surface area contributed by atoms with Gasteiger partial charge < -0.3 is 9.80 Å². The Morgan fingerprint density at radius 3 is 2.41 bits per heavy atom. The first-order chi connectivity index (χ1) is 12.9. The van der Waals surface area contributed by atoms with Crippen molar-refractivity contribution in [2.75, 3.05) is 31.1 Å². The van der Waals surface area contributed by atoms with Gasteiger partial charge in [-0.3, -0.25) is 9.59 Å². The molecule has 1 heterocycles. The standard InChI is InChI=1S/C20H17BrFN3O2/c1-13(26)15-3-5-19(18(22)11-15)24-6-8-25(9-7-24)20(27)16-10-14(12-23)2-4-17(16)21/h2-5,10-11H,6-9H2,1H3. The van der Waals surface area contributed by atoms with E-state index in [0.29, 0.717) is 53.0 Å². The van der Waals surface area contributed by atoms with Crippen LogP contribution < -0.4 is 4.90 Å². The van der Waals surface area contributed by atoms with Crippen LogP contribution >= 0.6 is 15.9 Å². The van der Waals surface area contributed by atoms with Crippen LogP contribution in [0.4, 0.5) is 10.1 Å². The maximum absolute atomic E-state index is 14.3. The van der Waals surface area contributed by atoms with Gasteiger partial charge in [0, 0.05) is 36.2 Å². The van der Waals surface area contributed by atoms with Crippen molar-refractivity contribution in [2.24, 2.45) is 0 Å². The fourth-order valence-electron chi connectivity index (χ4n) is 3.06. The average Bonchev–Trinajstić information content (AvgIpc) is 2.68. The van der Waals surface area contributed by atoms with Crippen LogP contribution in [0.3, 0.4) is 0 Å². The molecule has 1 aliphatic heterocycles. The van der Waals surface area contributed by atoms with E-state index in [4.69, 9.17) is 5.26 Å². The quantitative estimate of drug-likeness (QED) is 0.698. The topological polar surface area (TPSA) is 64.4 Å². The van der Waals surface area contributed by atoms with Gasteiger partial charge in [-0.05, 0) is 59.3 Å². The molecule has 0 radical (unpaired) electrons. The number of nitrogens with zero attached hydrogens (tertiary/aromatic N) is 3. The van der Waals surface area contributed by atoms with Gasteiger partial charge in [-0.15, -0.1) is 0 Å². The van der Waals surface area contributed by atoms with E-state index in [2.05, 4.69) is 15.9 Å². The Labute approximate surface area is 165 Å². The third kappa shape index (κ3) is 4.01. The Balaban J connectivity index is 1.71. The SMILES string of the molecule is CC(=O)c1ccc(N2CCN(C(=O)c3cc(C#N)ccc3Br)CC2)c(F)c1. The van der Waals surface area contributed by atoms with Crippen LogP contribution in [0.1, 0.15) is 33.2 Å². The highest BCUT2D eigenvalue weighted by Crippen LogP contribution is 2.24. The molecule has 0 spiro atoms. The Bertz CT molecular complexity index is 947. The Morgan fingerprint density at radius 1 is 1.11 bits per heavy atom. The monoisotopic (exact) mass is 429 g/mol. The lowest BCUT2D eigenvalue weighted by Gasteiger charge is -2.36. The minimum absolute atomic E-state index is 0.161. The number of Topliss-reactive ketones (excluding diaryl/α,β-unsaturated/α-hetero) is 1. The number of hydrogen-bond donors (Lipinski definition) is 0. The van der Waals surface area contributed by atoms with E-state index in [1.807, 2.05) is 11.0 Å². The van der Waals surface area contributed by atoms with Crippen molar-refractivity contribution in [3.63, 3.8) is 0 Å². The molecule has 3 rings (SSSR count). The van der Waals surface area contributed by atoms with E-state index in [1.54, 1.807) is 35.2 Å². The Kier molecular flexibility index (Phi) is 5.57. The number of benzene rings is 2. The van der Waals surface area contributed by atoms with E-state index >= 15 is 0 Å². The number of piperazine rings is 1. The van der Waals surface area contributed by atoms with Gasteiger partial charge in [-0.25, -0.2) is 4.39 Å². The molecule has 138 valence electrons. The molecule has 2 aromatic carbocycles. The minimum Gasteiger partial charge on any atom is -0.366 e. The van der Waals surface area contributed by atoms with Gasteiger partial charge in [0.15, 0.2) is 5.78 Å². The van der Waals surface area contributed by atoms with Crippen LogP contribution in [0, 0.1) is 17.1 Å². The van der Waals surface area contributed by atoms with E-state index in [0.717, 1.165) is 0 Å². The second-order valence-electron chi connectivity index (χ2n) is 6.31. The first-order valence-corrected chi connectivity index (χ1v) is 9.24. The highest BCUT2D eigenvalue weighted by molar-refractivity contribution is 9.10. The molecule has 7 heteroatoms. The largest absolute Gasteiger partial charge is 0.366 e. The molecule has 1 aliphatic rings. The normalized spacial score (nSPS) is 14.0. The number of anilines is 1. The van der Waals surface area contributed by atoms with Gasteiger partial charge in [0.25, 0.3) is 5.91 Å². The Hall–Kier alpha value is -2.72. The molecule has 0 aliphatic carbocycles. The average molecular weight is 430 g/mol. The first kappa shape index (κ1) is 19.1. The maximum Gasteiger partial charge on any atom is 0.255 e. The summed E-state index contributed by atoms with van der Waals surface area (Å²) in [4.78, 5) is 27.7. The zero-order chi connectivity index (χ0) is 19.6.